The normalized spacial score (nSPS) is 10.5. The molecule has 2 amide bonds. The van der Waals surface area contributed by atoms with E-state index in [1.807, 2.05) is 0 Å². The van der Waals surface area contributed by atoms with Crippen LogP contribution in [0.1, 0.15) is 18.4 Å². The summed E-state index contributed by atoms with van der Waals surface area (Å²) >= 11 is 5.70. The largest absolute Gasteiger partial charge is 0.320 e. The van der Waals surface area contributed by atoms with Gasteiger partial charge in [-0.25, -0.2) is 5.43 Å². The molecule has 0 atom stereocenters. The summed E-state index contributed by atoms with van der Waals surface area (Å²) in [5, 5.41) is 27.9. The molecule has 0 aliphatic heterocycles. The molecule has 12 heteroatoms. The second kappa shape index (κ2) is 9.90. The molecule has 0 aliphatic rings. The van der Waals surface area contributed by atoms with Gasteiger partial charge in [0.2, 0.25) is 11.8 Å². The molecule has 150 valence electrons. The zero-order valence-electron chi connectivity index (χ0n) is 14.7. The average molecular weight is 420 g/mol. The second-order valence-corrected chi connectivity index (χ2v) is 6.05. The van der Waals surface area contributed by atoms with Crippen LogP contribution in [0.2, 0.25) is 5.02 Å². The topological polar surface area (TPSA) is 157 Å². The van der Waals surface area contributed by atoms with E-state index in [9.17, 15) is 29.8 Å². The van der Waals surface area contributed by atoms with Gasteiger partial charge in [0.1, 0.15) is 5.69 Å². The maximum absolute atomic E-state index is 11.9. The van der Waals surface area contributed by atoms with Crippen LogP contribution in [0.4, 0.5) is 17.1 Å². The number of non-ortho nitro benzene ring substituents is 1. The lowest BCUT2D eigenvalue weighted by Crippen LogP contribution is -2.21. The van der Waals surface area contributed by atoms with Crippen LogP contribution < -0.4 is 10.7 Å². The predicted molar refractivity (Wildman–Crippen MR) is 105 cm³/mol. The van der Waals surface area contributed by atoms with E-state index in [1.165, 1.54) is 36.5 Å². The van der Waals surface area contributed by atoms with E-state index in [1.54, 1.807) is 6.07 Å². The lowest BCUT2D eigenvalue weighted by atomic mass is 10.2. The Morgan fingerprint density at radius 2 is 1.76 bits per heavy atom. The molecule has 0 heterocycles. The summed E-state index contributed by atoms with van der Waals surface area (Å²) in [7, 11) is 0. The molecule has 2 rings (SSSR count). The molecule has 0 radical (unpaired) electrons. The number of hydrogen-bond donors (Lipinski definition) is 2. The van der Waals surface area contributed by atoms with E-state index in [2.05, 4.69) is 15.8 Å². The van der Waals surface area contributed by atoms with Gasteiger partial charge in [0, 0.05) is 41.6 Å². The summed E-state index contributed by atoms with van der Waals surface area (Å²) in [6.07, 6.45) is 0.763. The maximum Gasteiger partial charge on any atom is 0.294 e. The number of carbonyl (C=O) groups excluding carboxylic acids is 2. The summed E-state index contributed by atoms with van der Waals surface area (Å²) in [4.78, 5) is 44.1. The van der Waals surface area contributed by atoms with Crippen molar-refractivity contribution in [3.05, 3.63) is 73.3 Å². The number of rotatable bonds is 8. The highest BCUT2D eigenvalue weighted by atomic mass is 35.5. The van der Waals surface area contributed by atoms with Gasteiger partial charge in [0.25, 0.3) is 11.4 Å². The van der Waals surface area contributed by atoms with Gasteiger partial charge in [-0.1, -0.05) is 23.7 Å². The highest BCUT2D eigenvalue weighted by Crippen LogP contribution is 2.27. The second-order valence-electron chi connectivity index (χ2n) is 5.61. The summed E-state index contributed by atoms with van der Waals surface area (Å²) < 4.78 is 0. The zero-order chi connectivity index (χ0) is 21.4. The number of nitrogens with one attached hydrogen (secondary N) is 2. The van der Waals surface area contributed by atoms with Crippen LogP contribution in [0.3, 0.4) is 0 Å². The molecule has 2 aromatic carbocycles. The van der Waals surface area contributed by atoms with Crippen LogP contribution in [0.25, 0.3) is 0 Å². The molecule has 2 N–H and O–H groups in total. The molecule has 2 aromatic rings. The lowest BCUT2D eigenvalue weighted by Gasteiger charge is -2.06. The van der Waals surface area contributed by atoms with E-state index in [0.717, 1.165) is 6.07 Å². The van der Waals surface area contributed by atoms with Crippen molar-refractivity contribution in [1.82, 2.24) is 5.43 Å². The van der Waals surface area contributed by atoms with Crippen molar-refractivity contribution in [2.24, 2.45) is 5.10 Å². The number of nitro benzene ring substituents is 2. The monoisotopic (exact) mass is 419 g/mol. The first-order valence-electron chi connectivity index (χ1n) is 8.06. The van der Waals surface area contributed by atoms with Crippen molar-refractivity contribution in [3.63, 3.8) is 0 Å². The summed E-state index contributed by atoms with van der Waals surface area (Å²) in [5.74, 6) is -1.18. The number of nitro groups is 2. The fraction of sp³-hybridized carbons (Fsp3) is 0.118. The molecular formula is C17H14ClN5O6. The first-order valence-corrected chi connectivity index (χ1v) is 8.44. The Balaban J connectivity index is 1.85. The number of amides is 2. The standard InChI is InChI=1S/C17H14ClN5O6/c18-12-4-5-14(15(9-12)23(28)29)20-16(24)6-7-17(25)21-19-10-11-2-1-3-13(8-11)22(26)27/h1-5,8-10H,6-7H2,(H,20,24)(H,21,25)/b19-10-. The summed E-state index contributed by atoms with van der Waals surface area (Å²) in [5.41, 5.74) is 2.09. The Labute approximate surface area is 168 Å². The molecular weight excluding hydrogens is 406 g/mol. The molecule has 29 heavy (non-hydrogen) atoms. The van der Waals surface area contributed by atoms with Gasteiger partial charge in [-0.05, 0) is 12.1 Å². The number of hydrogen-bond acceptors (Lipinski definition) is 7. The molecule has 0 aliphatic carbocycles. The van der Waals surface area contributed by atoms with Gasteiger partial charge in [0.05, 0.1) is 16.1 Å². The third kappa shape index (κ3) is 6.66. The van der Waals surface area contributed by atoms with Crippen LogP contribution in [-0.2, 0) is 9.59 Å². The molecule has 0 aromatic heterocycles. The Kier molecular flexibility index (Phi) is 7.32. The number of benzene rings is 2. The van der Waals surface area contributed by atoms with Crippen molar-refractivity contribution >= 4 is 46.7 Å². The Bertz CT molecular complexity index is 994. The van der Waals surface area contributed by atoms with Gasteiger partial charge >= 0.3 is 0 Å². The van der Waals surface area contributed by atoms with Crippen molar-refractivity contribution in [2.75, 3.05) is 5.32 Å². The minimum Gasteiger partial charge on any atom is -0.320 e. The summed E-state index contributed by atoms with van der Waals surface area (Å²) in [6, 6.07) is 9.42. The highest BCUT2D eigenvalue weighted by molar-refractivity contribution is 6.31. The van der Waals surface area contributed by atoms with Gasteiger partial charge < -0.3 is 5.32 Å². The molecule has 0 fully saturated rings. The third-order valence-corrected chi connectivity index (χ3v) is 3.73. The van der Waals surface area contributed by atoms with Gasteiger partial charge in [-0.2, -0.15) is 5.10 Å². The molecule has 0 spiro atoms. The van der Waals surface area contributed by atoms with Gasteiger partial charge in [-0.15, -0.1) is 0 Å². The minimum atomic E-state index is -0.684. The molecule has 0 saturated carbocycles. The number of hydrazone groups is 1. The minimum absolute atomic E-state index is 0.0338. The fourth-order valence-electron chi connectivity index (χ4n) is 2.15. The van der Waals surface area contributed by atoms with Crippen molar-refractivity contribution in [3.8, 4) is 0 Å². The number of halogens is 1. The quantitative estimate of drug-likeness (QED) is 0.380. The number of carbonyl (C=O) groups is 2. The number of anilines is 1. The van der Waals surface area contributed by atoms with Crippen LogP contribution in [0.5, 0.6) is 0 Å². The fourth-order valence-corrected chi connectivity index (χ4v) is 2.32. The predicted octanol–water partition coefficient (Wildman–Crippen LogP) is 3.03. The SMILES string of the molecule is O=C(CCC(=O)Nc1ccc(Cl)cc1[N+](=O)[O-])N/N=C\c1cccc([N+](=O)[O-])c1. The Morgan fingerprint density at radius 1 is 1.03 bits per heavy atom. The van der Waals surface area contributed by atoms with Crippen molar-refractivity contribution < 1.29 is 19.4 Å². The molecule has 0 bridgehead atoms. The van der Waals surface area contributed by atoms with Crippen molar-refractivity contribution in [2.45, 2.75) is 12.8 Å². The van der Waals surface area contributed by atoms with E-state index >= 15 is 0 Å². The number of nitrogens with zero attached hydrogens (tertiary/aromatic N) is 3. The Morgan fingerprint density at radius 3 is 2.45 bits per heavy atom. The van der Waals surface area contributed by atoms with Crippen LogP contribution in [0.15, 0.2) is 47.6 Å². The van der Waals surface area contributed by atoms with Crippen LogP contribution >= 0.6 is 11.6 Å². The van der Waals surface area contributed by atoms with E-state index in [-0.39, 0.29) is 34.9 Å². The Hall–Kier alpha value is -3.86. The maximum atomic E-state index is 11.9. The molecule has 0 unspecified atom stereocenters. The third-order valence-electron chi connectivity index (χ3n) is 3.49. The van der Waals surface area contributed by atoms with E-state index in [0.29, 0.717) is 5.56 Å². The van der Waals surface area contributed by atoms with E-state index < -0.39 is 21.7 Å². The first-order chi connectivity index (χ1) is 13.8. The van der Waals surface area contributed by atoms with Crippen LogP contribution in [0, 0.1) is 20.2 Å². The molecule has 0 saturated heterocycles. The average Bonchev–Trinajstić information content (AvgIpc) is 2.68. The lowest BCUT2D eigenvalue weighted by molar-refractivity contribution is -0.384. The zero-order valence-corrected chi connectivity index (χ0v) is 15.5. The smallest absolute Gasteiger partial charge is 0.294 e. The van der Waals surface area contributed by atoms with E-state index in [4.69, 9.17) is 11.6 Å². The van der Waals surface area contributed by atoms with Gasteiger partial charge in [-0.3, -0.25) is 29.8 Å². The van der Waals surface area contributed by atoms with Crippen LogP contribution in [-0.4, -0.2) is 27.9 Å². The molecule has 11 nitrogen and oxygen atoms in total. The first kappa shape index (κ1) is 21.4. The highest BCUT2D eigenvalue weighted by Gasteiger charge is 2.17. The summed E-state index contributed by atoms with van der Waals surface area (Å²) in [6.45, 7) is 0. The van der Waals surface area contributed by atoms with Crippen molar-refractivity contribution in [1.29, 1.82) is 0 Å². The van der Waals surface area contributed by atoms with Gasteiger partial charge in [0.15, 0.2) is 0 Å².